The Balaban J connectivity index is 1.72. The van der Waals surface area contributed by atoms with Gasteiger partial charge in [0, 0.05) is 48.0 Å². The van der Waals surface area contributed by atoms with E-state index in [-0.39, 0.29) is 5.91 Å². The molecule has 0 saturated heterocycles. The van der Waals surface area contributed by atoms with Crippen LogP contribution in [0.15, 0.2) is 61.3 Å². The van der Waals surface area contributed by atoms with Crippen molar-refractivity contribution < 1.29 is 14.3 Å². The van der Waals surface area contributed by atoms with Crippen LogP contribution in [0.1, 0.15) is 12.6 Å². The molecule has 2 heterocycles. The van der Waals surface area contributed by atoms with Crippen molar-refractivity contribution in [1.29, 1.82) is 0 Å². The third-order valence-corrected chi connectivity index (χ3v) is 6.18. The molecule has 0 saturated carbocycles. The number of fused-ring (bicyclic) bond motifs is 1. The average Bonchev–Trinajstić information content (AvgIpc) is 3.16. The summed E-state index contributed by atoms with van der Waals surface area (Å²) in [4.78, 5) is 23.5. The van der Waals surface area contributed by atoms with Crippen LogP contribution in [0.2, 0.25) is 0 Å². The van der Waals surface area contributed by atoms with E-state index in [1.54, 1.807) is 18.3 Å². The number of aromatic nitrogens is 3. The second-order valence-electron chi connectivity index (χ2n) is 9.05. The summed E-state index contributed by atoms with van der Waals surface area (Å²) < 4.78 is 14.1. The summed E-state index contributed by atoms with van der Waals surface area (Å²) in [6.07, 6.45) is 2.94. The number of nitrogens with zero attached hydrogens (tertiary/aromatic N) is 4. The number of carbonyl (C=O) groups excluding carboxylic acids is 1. The summed E-state index contributed by atoms with van der Waals surface area (Å²) in [5.41, 5.74) is 5.19. The van der Waals surface area contributed by atoms with Gasteiger partial charge in [-0.25, -0.2) is 9.97 Å². The molecule has 0 spiro atoms. The van der Waals surface area contributed by atoms with Crippen molar-refractivity contribution in [2.45, 2.75) is 13.8 Å². The fraction of sp³-hybridized carbons (Fsp3) is 0.276. The molecular weight excluding hydrogens is 480 g/mol. The van der Waals surface area contributed by atoms with Crippen molar-refractivity contribution in [3.8, 4) is 22.8 Å². The van der Waals surface area contributed by atoms with E-state index in [0.29, 0.717) is 48.6 Å². The number of anilines is 3. The summed E-state index contributed by atoms with van der Waals surface area (Å²) in [5, 5.41) is 7.23. The van der Waals surface area contributed by atoms with Crippen molar-refractivity contribution >= 4 is 34.1 Å². The van der Waals surface area contributed by atoms with Gasteiger partial charge in [-0.1, -0.05) is 24.8 Å². The largest absolute Gasteiger partial charge is 0.492 e. The topological polar surface area (TPSA) is 93.5 Å². The zero-order valence-electron chi connectivity index (χ0n) is 22.5. The van der Waals surface area contributed by atoms with E-state index >= 15 is 0 Å². The van der Waals surface area contributed by atoms with Gasteiger partial charge in [0.1, 0.15) is 18.1 Å². The fourth-order valence-electron chi connectivity index (χ4n) is 4.20. The van der Waals surface area contributed by atoms with Gasteiger partial charge in [-0.15, -0.1) is 0 Å². The summed E-state index contributed by atoms with van der Waals surface area (Å²) in [6.45, 7) is 9.15. The third kappa shape index (κ3) is 5.78. The van der Waals surface area contributed by atoms with E-state index in [2.05, 4.69) is 52.9 Å². The molecule has 0 fully saturated rings. The number of hydrogen-bond donors (Lipinski definition) is 2. The summed E-state index contributed by atoms with van der Waals surface area (Å²) in [7, 11) is 5.99. The molecular formula is C29H34N6O3. The van der Waals surface area contributed by atoms with Gasteiger partial charge in [0.2, 0.25) is 11.9 Å². The molecule has 0 unspecified atom stereocenters. The number of ether oxygens (including phenoxy) is 2. The Hall–Kier alpha value is -4.37. The van der Waals surface area contributed by atoms with Crippen LogP contribution in [0.3, 0.4) is 0 Å². The molecule has 0 aliphatic rings. The molecule has 198 valence electrons. The van der Waals surface area contributed by atoms with E-state index < -0.39 is 0 Å². The van der Waals surface area contributed by atoms with Crippen LogP contribution in [-0.4, -0.2) is 59.2 Å². The van der Waals surface area contributed by atoms with Gasteiger partial charge >= 0.3 is 0 Å². The van der Waals surface area contributed by atoms with Gasteiger partial charge in [0.05, 0.1) is 23.7 Å². The van der Waals surface area contributed by atoms with E-state index in [0.717, 1.165) is 27.9 Å². The summed E-state index contributed by atoms with van der Waals surface area (Å²) >= 11 is 0. The Kier molecular flexibility index (Phi) is 8.28. The normalized spacial score (nSPS) is 11.0. The Morgan fingerprint density at radius 3 is 2.63 bits per heavy atom. The number of nitrogens with one attached hydrogen (secondary N) is 2. The maximum atomic E-state index is 12.2. The maximum absolute atomic E-state index is 12.2. The highest BCUT2D eigenvalue weighted by molar-refractivity contribution is 6.01. The molecule has 0 radical (unpaired) electrons. The van der Waals surface area contributed by atoms with Crippen LogP contribution in [0.5, 0.6) is 11.5 Å². The molecule has 2 N–H and O–H groups in total. The van der Waals surface area contributed by atoms with Crippen LogP contribution >= 0.6 is 0 Å². The van der Waals surface area contributed by atoms with Gasteiger partial charge in [0.15, 0.2) is 0 Å². The smallest absolute Gasteiger partial charge is 0.247 e. The molecule has 0 aliphatic carbocycles. The van der Waals surface area contributed by atoms with Crippen LogP contribution in [0, 0.1) is 6.92 Å². The predicted octanol–water partition coefficient (Wildman–Crippen LogP) is 5.15. The first-order valence-electron chi connectivity index (χ1n) is 12.5. The van der Waals surface area contributed by atoms with Gasteiger partial charge < -0.3 is 29.6 Å². The molecule has 2 aromatic heterocycles. The molecule has 4 rings (SSSR count). The number of aryl methyl sites for hydroxylation is 1. The van der Waals surface area contributed by atoms with Gasteiger partial charge in [-0.2, -0.15) is 0 Å². The number of benzene rings is 2. The lowest BCUT2D eigenvalue weighted by molar-refractivity contribution is -0.111. The molecule has 1 amide bonds. The first-order chi connectivity index (χ1) is 18.3. The number of para-hydroxylation sites is 1. The molecule has 38 heavy (non-hydrogen) atoms. The third-order valence-electron chi connectivity index (χ3n) is 6.18. The first-order valence-corrected chi connectivity index (χ1v) is 12.5. The summed E-state index contributed by atoms with van der Waals surface area (Å²) in [6, 6.07) is 13.7. The van der Waals surface area contributed by atoms with E-state index in [4.69, 9.17) is 14.5 Å². The fourth-order valence-corrected chi connectivity index (χ4v) is 4.20. The van der Waals surface area contributed by atoms with Crippen LogP contribution < -0.4 is 20.1 Å². The predicted molar refractivity (Wildman–Crippen MR) is 152 cm³/mol. The molecule has 0 atom stereocenters. The SMILES string of the molecule is C=CC(=O)Nc1cc(Nc2nccc(-c3c(C)n(C)c4ccccc34)n2)c(OCC)cc1OCCN(C)C. The number of hydrogen-bond acceptors (Lipinski definition) is 7. The minimum Gasteiger partial charge on any atom is -0.492 e. The highest BCUT2D eigenvalue weighted by Gasteiger charge is 2.18. The Morgan fingerprint density at radius 1 is 1.13 bits per heavy atom. The van der Waals surface area contributed by atoms with E-state index in [1.165, 1.54) is 6.08 Å². The molecule has 4 aromatic rings. The Labute approximate surface area is 223 Å². The number of amides is 1. The lowest BCUT2D eigenvalue weighted by Gasteiger charge is -2.19. The van der Waals surface area contributed by atoms with Gasteiger partial charge in [-0.3, -0.25) is 4.79 Å². The lowest BCUT2D eigenvalue weighted by atomic mass is 10.1. The van der Waals surface area contributed by atoms with Crippen molar-refractivity contribution in [3.63, 3.8) is 0 Å². The zero-order valence-corrected chi connectivity index (χ0v) is 22.5. The van der Waals surface area contributed by atoms with Crippen molar-refractivity contribution in [2.75, 3.05) is 44.5 Å². The minimum absolute atomic E-state index is 0.345. The highest BCUT2D eigenvalue weighted by Crippen LogP contribution is 2.39. The Morgan fingerprint density at radius 2 is 1.89 bits per heavy atom. The number of rotatable bonds is 11. The van der Waals surface area contributed by atoms with Crippen LogP contribution in [-0.2, 0) is 11.8 Å². The van der Waals surface area contributed by atoms with E-state index in [9.17, 15) is 4.79 Å². The van der Waals surface area contributed by atoms with E-state index in [1.807, 2.05) is 44.1 Å². The highest BCUT2D eigenvalue weighted by atomic mass is 16.5. The molecule has 2 aromatic carbocycles. The second kappa shape index (κ2) is 11.8. The maximum Gasteiger partial charge on any atom is 0.247 e. The van der Waals surface area contributed by atoms with Gasteiger partial charge in [0.25, 0.3) is 0 Å². The number of carbonyl (C=O) groups is 1. The summed E-state index contributed by atoms with van der Waals surface area (Å²) in [5.74, 6) is 1.11. The van der Waals surface area contributed by atoms with Crippen molar-refractivity contribution in [1.82, 2.24) is 19.4 Å². The zero-order chi connectivity index (χ0) is 27.2. The molecule has 9 nitrogen and oxygen atoms in total. The monoisotopic (exact) mass is 514 g/mol. The van der Waals surface area contributed by atoms with Crippen LogP contribution in [0.4, 0.5) is 17.3 Å². The molecule has 0 bridgehead atoms. The standard InChI is InChI=1S/C29H34N6O3/c1-7-27(36)31-22-17-23(25(37-8-2)18-26(22)38-16-15-34(4)5)33-29-30-14-13-21(32-29)28-19(3)35(6)24-12-10-9-11-20(24)28/h7,9-14,17-18H,1,8,15-16H2,2-6H3,(H,31,36)(H,30,32,33). The quantitative estimate of drug-likeness (QED) is 0.267. The van der Waals surface area contributed by atoms with Gasteiger partial charge in [-0.05, 0) is 52.2 Å². The second-order valence-corrected chi connectivity index (χ2v) is 9.05. The van der Waals surface area contributed by atoms with Crippen molar-refractivity contribution in [2.24, 2.45) is 7.05 Å². The lowest BCUT2D eigenvalue weighted by Crippen LogP contribution is -2.20. The first kappa shape index (κ1) is 26.7. The van der Waals surface area contributed by atoms with Crippen molar-refractivity contribution in [3.05, 3.63) is 67.0 Å². The Bertz CT molecular complexity index is 1460. The van der Waals surface area contributed by atoms with Crippen LogP contribution in [0.25, 0.3) is 22.2 Å². The molecule has 0 aliphatic heterocycles. The average molecular weight is 515 g/mol. The number of likely N-dealkylation sites (N-methyl/N-ethyl adjacent to an activating group) is 1. The minimum atomic E-state index is -0.345. The molecule has 9 heteroatoms.